The smallest absolute Gasteiger partial charge is 0.245 e. The number of methoxy groups -OCH3 is 1. The van der Waals surface area contributed by atoms with Gasteiger partial charge in [-0.2, -0.15) is 0 Å². The van der Waals surface area contributed by atoms with E-state index in [2.05, 4.69) is 37.2 Å². The van der Waals surface area contributed by atoms with Crippen LogP contribution in [0.15, 0.2) is 65.1 Å². The molecule has 4 N–H and O–H groups in total. The van der Waals surface area contributed by atoms with Crippen LogP contribution in [-0.4, -0.2) is 103 Å². The fourth-order valence-corrected chi connectivity index (χ4v) is 7.27. The highest BCUT2D eigenvalue weighted by molar-refractivity contribution is 14.1. The van der Waals surface area contributed by atoms with E-state index in [1.54, 1.807) is 83.7 Å². The van der Waals surface area contributed by atoms with Gasteiger partial charge in [-0.3, -0.25) is 28.8 Å². The molecule has 3 aliphatic rings. The topological polar surface area (TPSA) is 185 Å². The predicted molar refractivity (Wildman–Crippen MR) is 217 cm³/mol. The lowest BCUT2D eigenvalue weighted by Gasteiger charge is -2.34. The molecule has 3 heterocycles. The van der Waals surface area contributed by atoms with Crippen LogP contribution in [0.3, 0.4) is 0 Å². The number of likely N-dealkylation sites (N-methyl/N-ethyl adjacent to an activating group) is 2. The number of nitrogens with one attached hydrogen (secondary N) is 4. The molecule has 298 valence electrons. The Balaban J connectivity index is 1.56. The molecule has 0 radical (unpaired) electrons. The van der Waals surface area contributed by atoms with Crippen LogP contribution in [0, 0.1) is 0 Å². The van der Waals surface area contributed by atoms with E-state index in [1.165, 1.54) is 51.8 Å². The number of hydrogen-bond donors (Lipinski definition) is 4. The van der Waals surface area contributed by atoms with Gasteiger partial charge in [0.2, 0.25) is 35.4 Å². The predicted octanol–water partition coefficient (Wildman–Crippen LogP) is 2.99. The maximum atomic E-state index is 14.4. The zero-order valence-corrected chi connectivity index (χ0v) is 35.4. The number of rotatable bonds is 4. The van der Waals surface area contributed by atoms with Gasteiger partial charge in [-0.05, 0) is 73.9 Å². The number of halogens is 2. The summed E-state index contributed by atoms with van der Waals surface area (Å²) >= 11 is 5.30. The van der Waals surface area contributed by atoms with E-state index in [-0.39, 0.29) is 19.3 Å². The molecule has 17 heteroatoms. The van der Waals surface area contributed by atoms with Crippen LogP contribution in [0.1, 0.15) is 37.5 Å². The van der Waals surface area contributed by atoms with Gasteiger partial charge in [0, 0.05) is 37.8 Å². The number of ether oxygens (including phenoxy) is 2. The summed E-state index contributed by atoms with van der Waals surface area (Å²) < 4.78 is 17.5. The molecule has 6 atom stereocenters. The first kappa shape index (κ1) is 42.2. The molecule has 3 aromatic carbocycles. The fourth-order valence-electron chi connectivity index (χ4n) is 6.49. The highest BCUT2D eigenvalue weighted by Gasteiger charge is 2.37. The van der Waals surface area contributed by atoms with Gasteiger partial charge in [0.15, 0.2) is 34.5 Å². The largest absolute Gasteiger partial charge is 0.493 e. The quantitative estimate of drug-likeness (QED) is 0.286. The third kappa shape index (κ3) is 9.90. The van der Waals surface area contributed by atoms with E-state index < -0.39 is 71.7 Å². The van der Waals surface area contributed by atoms with Crippen molar-refractivity contribution in [3.8, 4) is 23.0 Å². The second kappa shape index (κ2) is 18.4. The molecule has 3 aromatic rings. The van der Waals surface area contributed by atoms with Gasteiger partial charge >= 0.3 is 0 Å². The molecule has 6 amide bonds. The molecule has 0 aliphatic carbocycles. The van der Waals surface area contributed by atoms with Crippen LogP contribution in [-0.2, 0) is 48.0 Å². The van der Waals surface area contributed by atoms with Crippen molar-refractivity contribution in [3.63, 3.8) is 0 Å². The van der Waals surface area contributed by atoms with E-state index in [4.69, 9.17) is 12.5 Å². The summed E-state index contributed by atoms with van der Waals surface area (Å²) in [7, 11) is 4.39. The van der Waals surface area contributed by atoms with Gasteiger partial charge < -0.3 is 43.6 Å². The third-order valence-corrected chi connectivity index (χ3v) is 11.1. The van der Waals surface area contributed by atoms with Crippen LogP contribution in [0.25, 0.3) is 0 Å². The minimum Gasteiger partial charge on any atom is -0.493 e. The molecule has 0 spiro atoms. The Labute approximate surface area is 347 Å². The number of amides is 6. The van der Waals surface area contributed by atoms with Crippen molar-refractivity contribution < 1.29 is 41.3 Å². The Morgan fingerprint density at radius 2 is 1.36 bits per heavy atom. The molecular weight excluding hydrogens is 903 g/mol. The van der Waals surface area contributed by atoms with Gasteiger partial charge in [-0.1, -0.05) is 40.2 Å². The van der Waals surface area contributed by atoms with Crippen LogP contribution in [0.4, 0.5) is 0 Å². The van der Waals surface area contributed by atoms with Crippen molar-refractivity contribution in [1.29, 1.82) is 0 Å². The SMILES string of the molecule is COc1cc(Br)c2cc1Oc1ccc(cc1)C[C@H]1C(=O)N[C@@H](C2)C(=O)N[C@H](C)C(=O)N[C@@H](C)C(=O)N(C)[C@@H](Cc2ccc(OI)cc2)C(=O)N[C@@H](C)C(=O)N1C. The van der Waals surface area contributed by atoms with Gasteiger partial charge in [0.25, 0.3) is 0 Å². The van der Waals surface area contributed by atoms with E-state index >= 15 is 0 Å². The maximum Gasteiger partial charge on any atom is 0.245 e. The number of carbonyl (C=O) groups excluding carboxylic acids is 6. The first-order valence-corrected chi connectivity index (χ1v) is 19.5. The summed E-state index contributed by atoms with van der Waals surface area (Å²) in [5.74, 6) is -1.94. The zero-order chi connectivity index (χ0) is 40.8. The molecule has 15 nitrogen and oxygen atoms in total. The lowest BCUT2D eigenvalue weighted by molar-refractivity contribution is -0.145. The number of hydrogen-bond acceptors (Lipinski definition) is 9. The first-order chi connectivity index (χ1) is 26.6. The van der Waals surface area contributed by atoms with Crippen LogP contribution >= 0.6 is 38.9 Å². The first-order valence-electron chi connectivity index (χ1n) is 17.9. The molecule has 6 rings (SSSR count). The second-order valence-corrected chi connectivity index (χ2v) is 15.2. The van der Waals surface area contributed by atoms with E-state index in [9.17, 15) is 28.8 Å². The molecule has 0 unspecified atom stereocenters. The van der Waals surface area contributed by atoms with Gasteiger partial charge in [0.05, 0.1) is 7.11 Å². The molecule has 1 fully saturated rings. The summed E-state index contributed by atoms with van der Waals surface area (Å²) in [6.45, 7) is 4.41. The van der Waals surface area contributed by atoms with E-state index in [1.807, 2.05) is 0 Å². The minimum atomic E-state index is -1.25. The van der Waals surface area contributed by atoms with Crippen LogP contribution < -0.4 is 33.8 Å². The second-order valence-electron chi connectivity index (χ2n) is 13.9. The Morgan fingerprint density at radius 3 is 1.98 bits per heavy atom. The third-order valence-electron chi connectivity index (χ3n) is 9.86. The van der Waals surface area contributed by atoms with Crippen molar-refractivity contribution >= 4 is 74.4 Å². The monoisotopic (exact) mass is 946 g/mol. The summed E-state index contributed by atoms with van der Waals surface area (Å²) in [6.07, 6.45) is 0.0444. The highest BCUT2D eigenvalue weighted by Crippen LogP contribution is 2.37. The Kier molecular flexibility index (Phi) is 13.8. The van der Waals surface area contributed by atoms with Crippen molar-refractivity contribution in [1.82, 2.24) is 31.1 Å². The Morgan fingerprint density at radius 1 is 0.750 bits per heavy atom. The Hall–Kier alpha value is -4.91. The summed E-state index contributed by atoms with van der Waals surface area (Å²) in [4.78, 5) is 86.2. The molecule has 0 saturated carbocycles. The van der Waals surface area contributed by atoms with Crippen LogP contribution in [0.5, 0.6) is 23.0 Å². The molecular formula is C39H44BrIN6O9. The van der Waals surface area contributed by atoms with Crippen molar-refractivity contribution in [2.45, 2.75) is 76.3 Å². The zero-order valence-electron chi connectivity index (χ0n) is 31.7. The lowest BCUT2D eigenvalue weighted by atomic mass is 10.00. The number of benzene rings is 3. The van der Waals surface area contributed by atoms with E-state index in [0.717, 1.165) is 0 Å². The lowest BCUT2D eigenvalue weighted by Crippen LogP contribution is -2.61. The van der Waals surface area contributed by atoms with Crippen molar-refractivity contribution in [2.24, 2.45) is 0 Å². The van der Waals surface area contributed by atoms with Crippen molar-refractivity contribution in [2.75, 3.05) is 21.2 Å². The molecule has 56 heavy (non-hydrogen) atoms. The number of carbonyl (C=O) groups is 6. The molecule has 0 aromatic heterocycles. The van der Waals surface area contributed by atoms with Crippen molar-refractivity contribution in [3.05, 3.63) is 81.8 Å². The average Bonchev–Trinajstić information content (AvgIpc) is 3.18. The van der Waals surface area contributed by atoms with Crippen LogP contribution in [0.2, 0.25) is 0 Å². The summed E-state index contributed by atoms with van der Waals surface area (Å²) in [5, 5.41) is 10.9. The standard InChI is InChI=1S/C39H44BrIN6O9/c1-20-34(48)43-21(2)38(52)46(4)30(15-24-9-13-27(56-41)14-10-24)36(50)44-22(3)39(53)47(5)31-16-23-7-11-26(12-8-23)55-33-18-25(28(40)19-32(33)54-6)17-29(35(49)42-20)45-37(31)51/h7-14,18-22,29-31H,15-17H2,1-6H3,(H,42,49)(H,43,48)(H,44,50)(H,45,51)/t20-,21+,22+,29+,30+,31+/m1/s1. The van der Waals surface area contributed by atoms with Gasteiger partial charge in [-0.25, -0.2) is 0 Å². The summed E-state index contributed by atoms with van der Waals surface area (Å²) in [5.41, 5.74) is 1.95. The normalized spacial score (nSPS) is 24.1. The molecule has 3 aliphatic heterocycles. The Bertz CT molecular complexity index is 1980. The van der Waals surface area contributed by atoms with E-state index in [0.29, 0.717) is 44.2 Å². The van der Waals surface area contributed by atoms with Gasteiger partial charge in [-0.15, -0.1) is 0 Å². The average molecular weight is 948 g/mol. The molecule has 6 bridgehead atoms. The minimum absolute atomic E-state index is 0.0369. The van der Waals surface area contributed by atoms with Gasteiger partial charge in [0.1, 0.15) is 47.8 Å². The maximum absolute atomic E-state index is 14.4. The fraction of sp³-hybridized carbons (Fsp3) is 0.385. The summed E-state index contributed by atoms with van der Waals surface area (Å²) in [6, 6.07) is 10.4. The highest BCUT2D eigenvalue weighted by atomic mass is 127. The molecule has 1 saturated heterocycles. The number of nitrogens with zero attached hydrogens (tertiary/aromatic N) is 2. The number of fused-ring (bicyclic) bond motifs is 2.